The van der Waals surface area contributed by atoms with Crippen molar-refractivity contribution in [3.63, 3.8) is 0 Å². The average Bonchev–Trinajstić information content (AvgIpc) is 3.17. The van der Waals surface area contributed by atoms with Gasteiger partial charge in [0.2, 0.25) is 11.9 Å². The topological polar surface area (TPSA) is 51.0 Å². The Kier molecular flexibility index (Phi) is 4.47. The number of carbonyl (C=O) groups excluding carboxylic acids is 1. The predicted octanol–water partition coefficient (Wildman–Crippen LogP) is 4.41. The Morgan fingerprint density at radius 1 is 1.12 bits per heavy atom. The number of benzene rings is 2. The van der Waals surface area contributed by atoms with E-state index in [1.165, 1.54) is 6.33 Å². The van der Waals surface area contributed by atoms with E-state index in [0.717, 1.165) is 11.1 Å². The van der Waals surface area contributed by atoms with E-state index in [1.54, 1.807) is 4.90 Å². The number of halogens is 1. The fraction of sp³-hybridized carbons (Fsp3) is 0.250. The van der Waals surface area contributed by atoms with Crippen molar-refractivity contribution >= 4 is 23.5 Å². The summed E-state index contributed by atoms with van der Waals surface area (Å²) in [5.41, 5.74) is 2.08. The van der Waals surface area contributed by atoms with E-state index in [9.17, 15) is 4.79 Å². The summed E-state index contributed by atoms with van der Waals surface area (Å²) >= 11 is 6.47. The highest BCUT2D eigenvalue weighted by atomic mass is 35.5. The molecule has 0 radical (unpaired) electrons. The Bertz CT molecular complexity index is 924. The molecule has 0 spiro atoms. The Hall–Kier alpha value is -2.66. The lowest BCUT2D eigenvalue weighted by molar-refractivity contribution is -0.119. The molecule has 0 unspecified atom stereocenters. The van der Waals surface area contributed by atoms with Crippen molar-refractivity contribution in [2.24, 2.45) is 0 Å². The van der Waals surface area contributed by atoms with E-state index < -0.39 is 0 Å². The molecule has 0 fully saturated rings. The third-order valence-electron chi connectivity index (χ3n) is 4.84. The molecule has 2 atom stereocenters. The van der Waals surface area contributed by atoms with Crippen LogP contribution in [0.4, 0.5) is 5.95 Å². The van der Waals surface area contributed by atoms with Crippen LogP contribution in [0.25, 0.3) is 0 Å². The van der Waals surface area contributed by atoms with Crippen LogP contribution < -0.4 is 4.90 Å². The lowest BCUT2D eigenvalue weighted by atomic mass is 9.91. The van der Waals surface area contributed by atoms with Crippen LogP contribution in [-0.2, 0) is 4.79 Å². The van der Waals surface area contributed by atoms with Crippen LogP contribution in [0.15, 0.2) is 60.9 Å². The monoisotopic (exact) mass is 366 g/mol. The van der Waals surface area contributed by atoms with E-state index >= 15 is 0 Å². The standard InChI is InChI=1S/C20H19ClN4O/c1-2-19(26)24-17(14-8-4-3-5-9-14)12-18(25-20(24)22-13-23-25)15-10-6-7-11-16(15)21/h3-11,13,17-18H,2,12H2,1H3/t17-,18+/m1/s1. The molecule has 1 aliphatic heterocycles. The van der Waals surface area contributed by atoms with E-state index in [-0.39, 0.29) is 18.0 Å². The molecule has 5 nitrogen and oxygen atoms in total. The quantitative estimate of drug-likeness (QED) is 0.690. The highest BCUT2D eigenvalue weighted by Gasteiger charge is 2.39. The Balaban J connectivity index is 1.87. The number of nitrogens with zero attached hydrogens (tertiary/aromatic N) is 4. The molecule has 1 amide bonds. The lowest BCUT2D eigenvalue weighted by Crippen LogP contribution is -2.42. The predicted molar refractivity (Wildman–Crippen MR) is 101 cm³/mol. The molecule has 0 aliphatic carbocycles. The van der Waals surface area contributed by atoms with Crippen LogP contribution in [0.5, 0.6) is 0 Å². The number of rotatable bonds is 3. The van der Waals surface area contributed by atoms with Gasteiger partial charge in [-0.05, 0) is 23.6 Å². The van der Waals surface area contributed by atoms with Crippen LogP contribution in [-0.4, -0.2) is 20.7 Å². The van der Waals surface area contributed by atoms with Crippen LogP contribution >= 0.6 is 11.6 Å². The van der Waals surface area contributed by atoms with Crippen LogP contribution in [0.3, 0.4) is 0 Å². The second-order valence-electron chi connectivity index (χ2n) is 6.32. The Labute approximate surface area is 157 Å². The van der Waals surface area contributed by atoms with Crippen LogP contribution in [0, 0.1) is 0 Å². The van der Waals surface area contributed by atoms with Crippen LogP contribution in [0.1, 0.15) is 43.0 Å². The first-order valence-electron chi connectivity index (χ1n) is 8.71. The first-order valence-corrected chi connectivity index (χ1v) is 9.09. The second-order valence-corrected chi connectivity index (χ2v) is 6.73. The summed E-state index contributed by atoms with van der Waals surface area (Å²) in [6.45, 7) is 1.87. The van der Waals surface area contributed by atoms with Gasteiger partial charge in [0.25, 0.3) is 0 Å². The minimum absolute atomic E-state index is 0.0331. The summed E-state index contributed by atoms with van der Waals surface area (Å²) in [6.07, 6.45) is 2.60. The molecule has 0 saturated heterocycles. The summed E-state index contributed by atoms with van der Waals surface area (Å²) in [7, 11) is 0. The van der Waals surface area contributed by atoms with Gasteiger partial charge in [-0.2, -0.15) is 10.1 Å². The summed E-state index contributed by atoms with van der Waals surface area (Å²) < 4.78 is 1.81. The molecule has 0 saturated carbocycles. The number of amides is 1. The van der Waals surface area contributed by atoms with Gasteiger partial charge in [0.05, 0.1) is 12.1 Å². The molecule has 3 aromatic rings. The Morgan fingerprint density at radius 3 is 2.58 bits per heavy atom. The maximum atomic E-state index is 12.7. The van der Waals surface area contributed by atoms with Crippen molar-refractivity contribution in [1.82, 2.24) is 14.8 Å². The van der Waals surface area contributed by atoms with E-state index in [0.29, 0.717) is 23.8 Å². The average molecular weight is 367 g/mol. The first-order chi connectivity index (χ1) is 12.7. The fourth-order valence-electron chi connectivity index (χ4n) is 3.61. The highest BCUT2D eigenvalue weighted by Crippen LogP contribution is 2.43. The van der Waals surface area contributed by atoms with E-state index in [1.807, 2.05) is 54.1 Å². The molecule has 0 bridgehead atoms. The lowest BCUT2D eigenvalue weighted by Gasteiger charge is -2.39. The molecule has 0 N–H and O–H groups in total. The molecule has 6 heteroatoms. The van der Waals surface area contributed by atoms with Crippen molar-refractivity contribution < 1.29 is 4.79 Å². The second kappa shape index (κ2) is 6.92. The largest absolute Gasteiger partial charge is 0.274 e. The zero-order chi connectivity index (χ0) is 18.1. The maximum Gasteiger partial charge on any atom is 0.231 e. The fourth-order valence-corrected chi connectivity index (χ4v) is 3.87. The summed E-state index contributed by atoms with van der Waals surface area (Å²) in [5.74, 6) is 0.604. The molecule has 26 heavy (non-hydrogen) atoms. The normalized spacial score (nSPS) is 19.2. The summed E-state index contributed by atoms with van der Waals surface area (Å²) in [5, 5.41) is 5.10. The molecule has 1 aromatic heterocycles. The maximum absolute atomic E-state index is 12.7. The van der Waals surface area contributed by atoms with Gasteiger partial charge in [0.15, 0.2) is 0 Å². The smallest absolute Gasteiger partial charge is 0.231 e. The molecule has 2 heterocycles. The van der Waals surface area contributed by atoms with Gasteiger partial charge in [0, 0.05) is 11.4 Å². The zero-order valence-corrected chi connectivity index (χ0v) is 15.2. The van der Waals surface area contributed by atoms with Gasteiger partial charge in [-0.3, -0.25) is 9.69 Å². The summed E-state index contributed by atoms with van der Waals surface area (Å²) in [4.78, 5) is 18.9. The first kappa shape index (κ1) is 16.8. The van der Waals surface area contributed by atoms with Crippen molar-refractivity contribution in [1.29, 1.82) is 0 Å². The number of carbonyl (C=O) groups is 1. The molecule has 132 valence electrons. The summed E-state index contributed by atoms with van der Waals surface area (Å²) in [6, 6.07) is 17.7. The Morgan fingerprint density at radius 2 is 1.85 bits per heavy atom. The van der Waals surface area contributed by atoms with Crippen LogP contribution in [0.2, 0.25) is 5.02 Å². The van der Waals surface area contributed by atoms with Crippen molar-refractivity contribution in [2.45, 2.75) is 31.8 Å². The third kappa shape index (κ3) is 2.78. The molecule has 4 rings (SSSR count). The van der Waals surface area contributed by atoms with Gasteiger partial charge >= 0.3 is 0 Å². The number of anilines is 1. The highest BCUT2D eigenvalue weighted by molar-refractivity contribution is 6.31. The van der Waals surface area contributed by atoms with Gasteiger partial charge in [-0.15, -0.1) is 0 Å². The van der Waals surface area contributed by atoms with Gasteiger partial charge < -0.3 is 0 Å². The number of hydrogen-bond acceptors (Lipinski definition) is 3. The minimum atomic E-state index is -0.110. The van der Waals surface area contributed by atoms with E-state index in [2.05, 4.69) is 22.2 Å². The van der Waals surface area contributed by atoms with Crippen molar-refractivity contribution in [2.75, 3.05) is 4.90 Å². The third-order valence-corrected chi connectivity index (χ3v) is 5.19. The minimum Gasteiger partial charge on any atom is -0.274 e. The molecule has 1 aliphatic rings. The van der Waals surface area contributed by atoms with Gasteiger partial charge in [0.1, 0.15) is 6.33 Å². The van der Waals surface area contributed by atoms with E-state index in [4.69, 9.17) is 11.6 Å². The number of aromatic nitrogens is 3. The molecular weight excluding hydrogens is 348 g/mol. The number of fused-ring (bicyclic) bond motifs is 1. The molecular formula is C20H19ClN4O. The van der Waals surface area contributed by atoms with Crippen molar-refractivity contribution in [3.8, 4) is 0 Å². The van der Waals surface area contributed by atoms with Gasteiger partial charge in [-0.25, -0.2) is 4.68 Å². The number of hydrogen-bond donors (Lipinski definition) is 0. The molecule has 2 aromatic carbocycles. The SMILES string of the molecule is CCC(=O)N1c2ncnn2[C@H](c2ccccc2Cl)C[C@@H]1c1ccccc1. The van der Waals surface area contributed by atoms with Crippen molar-refractivity contribution in [3.05, 3.63) is 77.1 Å². The zero-order valence-electron chi connectivity index (χ0n) is 14.4. The van der Waals surface area contributed by atoms with Gasteiger partial charge in [-0.1, -0.05) is 67.1 Å².